The molecule has 0 saturated heterocycles. The van der Waals surface area contributed by atoms with Crippen LogP contribution in [0.25, 0.3) is 0 Å². The van der Waals surface area contributed by atoms with Crippen LogP contribution in [-0.2, 0) is 6.42 Å². The number of hydrogen-bond acceptors (Lipinski definition) is 5. The highest BCUT2D eigenvalue weighted by Gasteiger charge is 2.14. The number of nitrogens with zero attached hydrogens (tertiary/aromatic N) is 2. The Bertz CT molecular complexity index is 581. The van der Waals surface area contributed by atoms with Gasteiger partial charge in [-0.05, 0) is 17.9 Å². The van der Waals surface area contributed by atoms with Gasteiger partial charge in [0, 0.05) is 17.3 Å². The van der Waals surface area contributed by atoms with Gasteiger partial charge in [0.2, 0.25) is 0 Å². The molecule has 0 aliphatic carbocycles. The molecule has 1 amide bonds. The Hall–Kier alpha value is -1.95. The molecule has 6 heteroatoms. The number of aromatic nitrogens is 2. The van der Waals surface area contributed by atoms with Gasteiger partial charge in [0.1, 0.15) is 5.82 Å². The van der Waals surface area contributed by atoms with Gasteiger partial charge in [-0.1, -0.05) is 19.9 Å². The molecule has 2 aromatic rings. The minimum Gasteiger partial charge on any atom is -0.396 e. The van der Waals surface area contributed by atoms with E-state index in [0.29, 0.717) is 18.1 Å². The number of hydrogen-bond donors (Lipinski definition) is 2. The van der Waals surface area contributed by atoms with Crippen molar-refractivity contribution in [2.75, 3.05) is 12.3 Å². The van der Waals surface area contributed by atoms with E-state index in [1.54, 1.807) is 11.3 Å². The number of thiophene rings is 1. The Kier molecular flexibility index (Phi) is 4.68. The Morgan fingerprint density at radius 3 is 2.95 bits per heavy atom. The predicted molar refractivity (Wildman–Crippen MR) is 80.9 cm³/mol. The molecule has 0 aliphatic rings. The van der Waals surface area contributed by atoms with Crippen LogP contribution in [0.15, 0.2) is 23.7 Å². The molecule has 20 heavy (non-hydrogen) atoms. The number of carbonyl (C=O) groups excluding carboxylic acids is 1. The van der Waals surface area contributed by atoms with Crippen LogP contribution in [0.2, 0.25) is 0 Å². The Balaban J connectivity index is 1.99. The topological polar surface area (TPSA) is 80.9 Å². The molecular weight excluding hydrogens is 272 g/mol. The van der Waals surface area contributed by atoms with Gasteiger partial charge in [-0.2, -0.15) is 0 Å². The molecule has 0 bridgehead atoms. The third kappa shape index (κ3) is 3.54. The van der Waals surface area contributed by atoms with Crippen LogP contribution in [0.5, 0.6) is 0 Å². The minimum absolute atomic E-state index is 0.160. The molecule has 2 aromatic heterocycles. The average molecular weight is 290 g/mol. The van der Waals surface area contributed by atoms with Crippen LogP contribution < -0.4 is 11.1 Å². The van der Waals surface area contributed by atoms with Crippen molar-refractivity contribution in [1.82, 2.24) is 15.3 Å². The molecule has 2 heterocycles. The van der Waals surface area contributed by atoms with Crippen molar-refractivity contribution in [3.8, 4) is 0 Å². The lowest BCUT2D eigenvalue weighted by atomic mass is 10.2. The SMILES string of the molecule is CC(C)c1ncc(N)c(C(=O)NCCc2cccs2)n1. The van der Waals surface area contributed by atoms with Gasteiger partial charge >= 0.3 is 0 Å². The number of anilines is 1. The second-order valence-corrected chi connectivity index (χ2v) is 5.80. The largest absolute Gasteiger partial charge is 0.396 e. The van der Waals surface area contributed by atoms with E-state index in [-0.39, 0.29) is 17.5 Å². The zero-order valence-electron chi connectivity index (χ0n) is 11.6. The van der Waals surface area contributed by atoms with Crippen molar-refractivity contribution in [2.45, 2.75) is 26.2 Å². The first-order chi connectivity index (χ1) is 9.58. The summed E-state index contributed by atoms with van der Waals surface area (Å²) >= 11 is 1.68. The number of rotatable bonds is 5. The fourth-order valence-electron chi connectivity index (χ4n) is 1.70. The lowest BCUT2D eigenvalue weighted by Crippen LogP contribution is -2.28. The van der Waals surface area contributed by atoms with E-state index >= 15 is 0 Å². The molecular formula is C14H18N4OS. The molecule has 2 rings (SSSR count). The average Bonchev–Trinajstić information content (AvgIpc) is 2.92. The van der Waals surface area contributed by atoms with E-state index in [1.807, 2.05) is 31.4 Å². The Morgan fingerprint density at radius 1 is 1.50 bits per heavy atom. The van der Waals surface area contributed by atoms with Crippen molar-refractivity contribution in [2.24, 2.45) is 0 Å². The molecule has 0 radical (unpaired) electrons. The first-order valence-electron chi connectivity index (χ1n) is 6.51. The van der Waals surface area contributed by atoms with Crippen molar-refractivity contribution in [3.05, 3.63) is 40.1 Å². The Labute approximate surface area is 122 Å². The molecule has 0 atom stereocenters. The van der Waals surface area contributed by atoms with E-state index in [4.69, 9.17) is 5.73 Å². The van der Waals surface area contributed by atoms with Gasteiger partial charge in [-0.15, -0.1) is 11.3 Å². The van der Waals surface area contributed by atoms with Crippen LogP contribution in [0, 0.1) is 0 Å². The highest BCUT2D eigenvalue weighted by molar-refractivity contribution is 7.09. The molecule has 0 aliphatic heterocycles. The standard InChI is InChI=1S/C14H18N4OS/c1-9(2)13-17-8-11(15)12(18-13)14(19)16-6-5-10-4-3-7-20-10/h3-4,7-9H,5-6,15H2,1-2H3,(H,16,19). The molecule has 106 valence electrons. The lowest BCUT2D eigenvalue weighted by molar-refractivity contribution is 0.0949. The molecule has 0 unspecified atom stereocenters. The van der Waals surface area contributed by atoms with Crippen molar-refractivity contribution < 1.29 is 4.79 Å². The summed E-state index contributed by atoms with van der Waals surface area (Å²) in [5.41, 5.74) is 6.34. The van der Waals surface area contributed by atoms with Crippen LogP contribution >= 0.6 is 11.3 Å². The lowest BCUT2D eigenvalue weighted by Gasteiger charge is -2.09. The summed E-state index contributed by atoms with van der Waals surface area (Å²) in [6, 6.07) is 4.05. The van der Waals surface area contributed by atoms with Gasteiger partial charge in [0.25, 0.3) is 5.91 Å². The second kappa shape index (κ2) is 6.47. The number of carbonyl (C=O) groups is 1. The summed E-state index contributed by atoms with van der Waals surface area (Å²) in [4.78, 5) is 21.7. The smallest absolute Gasteiger partial charge is 0.272 e. The van der Waals surface area contributed by atoms with Crippen LogP contribution in [0.4, 0.5) is 5.69 Å². The monoisotopic (exact) mass is 290 g/mol. The normalized spacial score (nSPS) is 10.8. The molecule has 3 N–H and O–H groups in total. The zero-order chi connectivity index (χ0) is 14.5. The number of nitrogens with one attached hydrogen (secondary N) is 1. The maximum Gasteiger partial charge on any atom is 0.272 e. The molecule has 0 aromatic carbocycles. The van der Waals surface area contributed by atoms with Crippen molar-refractivity contribution >= 4 is 22.9 Å². The van der Waals surface area contributed by atoms with Crippen molar-refractivity contribution in [1.29, 1.82) is 0 Å². The summed E-state index contributed by atoms with van der Waals surface area (Å²) in [5, 5.41) is 4.86. The van der Waals surface area contributed by atoms with Crippen LogP contribution in [0.1, 0.15) is 41.0 Å². The van der Waals surface area contributed by atoms with E-state index in [2.05, 4.69) is 15.3 Å². The van der Waals surface area contributed by atoms with Crippen molar-refractivity contribution in [3.63, 3.8) is 0 Å². The maximum absolute atomic E-state index is 12.1. The highest BCUT2D eigenvalue weighted by Crippen LogP contribution is 2.13. The summed E-state index contributed by atoms with van der Waals surface area (Å²) in [6.45, 7) is 4.52. The van der Waals surface area contributed by atoms with Gasteiger partial charge in [0.15, 0.2) is 5.69 Å². The molecule has 0 spiro atoms. The zero-order valence-corrected chi connectivity index (χ0v) is 12.4. The van der Waals surface area contributed by atoms with Gasteiger partial charge in [-0.25, -0.2) is 9.97 Å². The summed E-state index contributed by atoms with van der Waals surface area (Å²) in [5.74, 6) is 0.541. The summed E-state index contributed by atoms with van der Waals surface area (Å²) in [7, 11) is 0. The van der Waals surface area contributed by atoms with E-state index in [1.165, 1.54) is 11.1 Å². The molecule has 0 fully saturated rings. The second-order valence-electron chi connectivity index (χ2n) is 4.77. The quantitative estimate of drug-likeness (QED) is 0.884. The number of nitrogens with two attached hydrogens (primary N) is 1. The Morgan fingerprint density at radius 2 is 2.30 bits per heavy atom. The van der Waals surface area contributed by atoms with Gasteiger partial charge < -0.3 is 11.1 Å². The highest BCUT2D eigenvalue weighted by atomic mass is 32.1. The summed E-state index contributed by atoms with van der Waals surface area (Å²) < 4.78 is 0. The third-order valence-corrected chi connectivity index (χ3v) is 3.74. The number of amides is 1. The molecule has 0 saturated carbocycles. The van der Waals surface area contributed by atoms with Gasteiger partial charge in [0.05, 0.1) is 11.9 Å². The third-order valence-electron chi connectivity index (χ3n) is 2.80. The van der Waals surface area contributed by atoms with Gasteiger partial charge in [-0.3, -0.25) is 4.79 Å². The van der Waals surface area contributed by atoms with Crippen LogP contribution in [0.3, 0.4) is 0 Å². The maximum atomic E-state index is 12.1. The number of nitrogen functional groups attached to an aromatic ring is 1. The minimum atomic E-state index is -0.247. The van der Waals surface area contributed by atoms with E-state index in [9.17, 15) is 4.79 Å². The first kappa shape index (κ1) is 14.5. The fraction of sp³-hybridized carbons (Fsp3) is 0.357. The summed E-state index contributed by atoms with van der Waals surface area (Å²) in [6.07, 6.45) is 2.31. The van der Waals surface area contributed by atoms with E-state index in [0.717, 1.165) is 6.42 Å². The fourth-order valence-corrected chi connectivity index (χ4v) is 2.41. The van der Waals surface area contributed by atoms with Crippen LogP contribution in [-0.4, -0.2) is 22.4 Å². The first-order valence-corrected chi connectivity index (χ1v) is 7.39. The molecule has 5 nitrogen and oxygen atoms in total. The van der Waals surface area contributed by atoms with E-state index < -0.39 is 0 Å². The predicted octanol–water partition coefficient (Wildman–Crippen LogP) is 2.22.